The SMILES string of the molecule is COC(=O)c1nn(CCCC(C)(C)C#N)cc1N. The molecule has 1 rings (SSSR count). The number of nitriles is 1. The first-order valence-electron chi connectivity index (χ1n) is 5.72. The number of aryl methyl sites for hydroxylation is 1. The molecule has 0 aromatic carbocycles. The third kappa shape index (κ3) is 3.48. The number of carbonyl (C=O) groups excluding carboxylic acids is 1. The maximum atomic E-state index is 11.3. The Hall–Kier alpha value is -2.03. The predicted octanol–water partition coefficient (Wildman–Crippen LogP) is 1.58. The third-order valence-electron chi connectivity index (χ3n) is 2.66. The van der Waals surface area contributed by atoms with Crippen molar-refractivity contribution in [2.75, 3.05) is 12.8 Å². The van der Waals surface area contributed by atoms with Crippen LogP contribution in [-0.4, -0.2) is 22.9 Å². The summed E-state index contributed by atoms with van der Waals surface area (Å²) in [7, 11) is 1.29. The van der Waals surface area contributed by atoms with Gasteiger partial charge in [0.05, 0.1) is 24.3 Å². The minimum atomic E-state index is -0.538. The van der Waals surface area contributed by atoms with Crippen molar-refractivity contribution in [3.63, 3.8) is 0 Å². The number of nitrogens with zero attached hydrogens (tertiary/aromatic N) is 3. The van der Waals surface area contributed by atoms with Crippen LogP contribution in [0, 0.1) is 16.7 Å². The summed E-state index contributed by atoms with van der Waals surface area (Å²) in [6.07, 6.45) is 3.16. The Bertz CT molecular complexity index is 471. The van der Waals surface area contributed by atoms with E-state index >= 15 is 0 Å². The number of hydrogen-bond acceptors (Lipinski definition) is 5. The molecule has 18 heavy (non-hydrogen) atoms. The Labute approximate surface area is 106 Å². The number of carbonyl (C=O) groups is 1. The Morgan fingerprint density at radius 1 is 1.67 bits per heavy atom. The highest BCUT2D eigenvalue weighted by atomic mass is 16.5. The smallest absolute Gasteiger partial charge is 0.360 e. The van der Waals surface area contributed by atoms with Crippen molar-refractivity contribution in [3.05, 3.63) is 11.9 Å². The number of esters is 1. The summed E-state index contributed by atoms with van der Waals surface area (Å²) in [6.45, 7) is 4.40. The molecule has 1 aromatic rings. The molecule has 0 saturated heterocycles. The maximum Gasteiger partial charge on any atom is 0.360 e. The highest BCUT2D eigenvalue weighted by Crippen LogP contribution is 2.21. The van der Waals surface area contributed by atoms with Gasteiger partial charge in [-0.2, -0.15) is 10.4 Å². The molecule has 0 atom stereocenters. The quantitative estimate of drug-likeness (QED) is 0.801. The molecule has 2 N–H and O–H groups in total. The molecule has 0 unspecified atom stereocenters. The van der Waals surface area contributed by atoms with Crippen molar-refractivity contribution in [1.29, 1.82) is 5.26 Å². The van der Waals surface area contributed by atoms with Gasteiger partial charge in [-0.25, -0.2) is 4.79 Å². The lowest BCUT2D eigenvalue weighted by Gasteiger charge is -2.14. The van der Waals surface area contributed by atoms with Crippen LogP contribution >= 0.6 is 0 Å². The van der Waals surface area contributed by atoms with Gasteiger partial charge in [-0.1, -0.05) is 0 Å². The van der Waals surface area contributed by atoms with Crippen LogP contribution in [-0.2, 0) is 11.3 Å². The van der Waals surface area contributed by atoms with Crippen molar-refractivity contribution in [1.82, 2.24) is 9.78 Å². The van der Waals surface area contributed by atoms with Crippen LogP contribution in [0.2, 0.25) is 0 Å². The van der Waals surface area contributed by atoms with Crippen LogP contribution in [0.1, 0.15) is 37.2 Å². The highest BCUT2D eigenvalue weighted by molar-refractivity contribution is 5.92. The van der Waals surface area contributed by atoms with Crippen molar-refractivity contribution in [3.8, 4) is 6.07 Å². The molecule has 6 heteroatoms. The van der Waals surface area contributed by atoms with Gasteiger partial charge < -0.3 is 10.5 Å². The first kappa shape index (κ1) is 14.0. The minimum absolute atomic E-state index is 0.136. The fourth-order valence-corrected chi connectivity index (χ4v) is 1.55. The van der Waals surface area contributed by atoms with E-state index in [9.17, 15) is 4.79 Å². The van der Waals surface area contributed by atoms with E-state index in [1.54, 1.807) is 10.9 Å². The second-order valence-electron chi connectivity index (χ2n) is 4.79. The summed E-state index contributed by atoms with van der Waals surface area (Å²) in [5, 5.41) is 13.0. The first-order chi connectivity index (χ1) is 8.39. The van der Waals surface area contributed by atoms with Gasteiger partial charge in [0.2, 0.25) is 0 Å². The van der Waals surface area contributed by atoms with E-state index in [1.807, 2.05) is 13.8 Å². The van der Waals surface area contributed by atoms with Crippen LogP contribution < -0.4 is 5.73 Å². The summed E-state index contributed by atoms with van der Waals surface area (Å²) in [5.41, 5.74) is 5.76. The van der Waals surface area contributed by atoms with Gasteiger partial charge in [-0.15, -0.1) is 0 Å². The van der Waals surface area contributed by atoms with Crippen molar-refractivity contribution >= 4 is 11.7 Å². The Balaban J connectivity index is 2.60. The van der Waals surface area contributed by atoms with Gasteiger partial charge in [0.1, 0.15) is 0 Å². The first-order valence-corrected chi connectivity index (χ1v) is 5.72. The molecule has 0 radical (unpaired) electrons. The van der Waals surface area contributed by atoms with Crippen LogP contribution in [0.3, 0.4) is 0 Å². The van der Waals surface area contributed by atoms with Crippen LogP contribution in [0.4, 0.5) is 5.69 Å². The van der Waals surface area contributed by atoms with E-state index in [1.165, 1.54) is 7.11 Å². The Kier molecular flexibility index (Phi) is 4.32. The zero-order valence-corrected chi connectivity index (χ0v) is 10.9. The number of hydrogen-bond donors (Lipinski definition) is 1. The molecule has 0 spiro atoms. The topological polar surface area (TPSA) is 93.9 Å². The lowest BCUT2D eigenvalue weighted by atomic mass is 9.90. The largest absolute Gasteiger partial charge is 0.464 e. The average molecular weight is 250 g/mol. The molecule has 1 heterocycles. The number of nitrogen functional groups attached to an aromatic ring is 1. The highest BCUT2D eigenvalue weighted by Gasteiger charge is 2.17. The zero-order chi connectivity index (χ0) is 13.8. The number of rotatable bonds is 5. The molecule has 6 nitrogen and oxygen atoms in total. The second-order valence-corrected chi connectivity index (χ2v) is 4.79. The summed E-state index contributed by atoms with van der Waals surface area (Å²) in [6, 6.07) is 2.24. The van der Waals surface area contributed by atoms with Gasteiger partial charge >= 0.3 is 5.97 Å². The molecule has 0 saturated carbocycles. The summed E-state index contributed by atoms with van der Waals surface area (Å²) in [5.74, 6) is -0.538. The molecule has 0 aliphatic carbocycles. The number of methoxy groups -OCH3 is 1. The Morgan fingerprint density at radius 2 is 2.33 bits per heavy atom. The van der Waals surface area contributed by atoms with Gasteiger partial charge in [-0.05, 0) is 26.7 Å². The summed E-state index contributed by atoms with van der Waals surface area (Å²) < 4.78 is 6.17. The van der Waals surface area contributed by atoms with Gasteiger partial charge in [0, 0.05) is 12.7 Å². The average Bonchev–Trinajstić information content (AvgIpc) is 2.69. The lowest BCUT2D eigenvalue weighted by Crippen LogP contribution is -2.10. The standard InChI is InChI=1S/C12H18N4O2/c1-12(2,8-13)5-4-6-16-7-9(14)10(15-16)11(17)18-3/h7H,4-6,14H2,1-3H3. The van der Waals surface area contributed by atoms with E-state index < -0.39 is 5.97 Å². The van der Waals surface area contributed by atoms with E-state index in [4.69, 9.17) is 11.0 Å². The van der Waals surface area contributed by atoms with Crippen molar-refractivity contribution in [2.24, 2.45) is 5.41 Å². The number of nitrogens with two attached hydrogens (primary N) is 1. The van der Waals surface area contributed by atoms with Crippen molar-refractivity contribution in [2.45, 2.75) is 33.2 Å². The number of aromatic nitrogens is 2. The monoisotopic (exact) mass is 250 g/mol. The molecule has 1 aromatic heterocycles. The van der Waals surface area contributed by atoms with Crippen molar-refractivity contribution < 1.29 is 9.53 Å². The van der Waals surface area contributed by atoms with Crippen LogP contribution in [0.25, 0.3) is 0 Å². The molecular weight excluding hydrogens is 232 g/mol. The third-order valence-corrected chi connectivity index (χ3v) is 2.66. The molecule has 0 bridgehead atoms. The molecule has 0 aliphatic rings. The van der Waals surface area contributed by atoms with Gasteiger partial charge in [0.25, 0.3) is 0 Å². The fraction of sp³-hybridized carbons (Fsp3) is 0.583. The van der Waals surface area contributed by atoms with E-state index in [0.29, 0.717) is 12.2 Å². The van der Waals surface area contributed by atoms with E-state index in [2.05, 4.69) is 15.9 Å². The van der Waals surface area contributed by atoms with Crippen LogP contribution in [0.15, 0.2) is 6.20 Å². The summed E-state index contributed by atoms with van der Waals surface area (Å²) in [4.78, 5) is 11.3. The molecular formula is C12H18N4O2. The number of anilines is 1. The fourth-order valence-electron chi connectivity index (χ4n) is 1.55. The second kappa shape index (κ2) is 5.54. The zero-order valence-electron chi connectivity index (χ0n) is 10.9. The molecule has 98 valence electrons. The van der Waals surface area contributed by atoms with E-state index in [-0.39, 0.29) is 11.1 Å². The predicted molar refractivity (Wildman–Crippen MR) is 66.6 cm³/mol. The van der Waals surface area contributed by atoms with Gasteiger partial charge in [0.15, 0.2) is 5.69 Å². The van der Waals surface area contributed by atoms with E-state index in [0.717, 1.165) is 12.8 Å². The molecule has 0 amide bonds. The molecule has 0 fully saturated rings. The van der Waals surface area contributed by atoms with Crippen LogP contribution in [0.5, 0.6) is 0 Å². The normalized spacial score (nSPS) is 11.0. The van der Waals surface area contributed by atoms with Gasteiger partial charge in [-0.3, -0.25) is 4.68 Å². The minimum Gasteiger partial charge on any atom is -0.464 e. The number of ether oxygens (including phenoxy) is 1. The maximum absolute atomic E-state index is 11.3. The lowest BCUT2D eigenvalue weighted by molar-refractivity contribution is 0.0594. The molecule has 0 aliphatic heterocycles. The Morgan fingerprint density at radius 3 is 2.89 bits per heavy atom. The summed E-state index contributed by atoms with van der Waals surface area (Å²) >= 11 is 0.